The molecule has 56 valence electrons. The van der Waals surface area contributed by atoms with Crippen LogP contribution in [-0.4, -0.2) is 0 Å². The van der Waals surface area contributed by atoms with Crippen molar-refractivity contribution >= 4 is 0 Å². The van der Waals surface area contributed by atoms with Crippen molar-refractivity contribution in [3.63, 3.8) is 0 Å². The summed E-state index contributed by atoms with van der Waals surface area (Å²) in [4.78, 5) is 0. The average Bonchev–Trinajstić information content (AvgIpc) is 2.11. The minimum atomic E-state index is 0.583. The van der Waals surface area contributed by atoms with Crippen molar-refractivity contribution in [2.45, 2.75) is 0 Å². The van der Waals surface area contributed by atoms with Crippen LogP contribution in [0.4, 0.5) is 0 Å². The Morgan fingerprint density at radius 3 is 2.18 bits per heavy atom. The van der Waals surface area contributed by atoms with Crippen LogP contribution in [-0.2, 0) is 0 Å². The van der Waals surface area contributed by atoms with E-state index in [9.17, 15) is 0 Å². The highest BCUT2D eigenvalue weighted by Crippen LogP contribution is 2.06. The molecule has 0 aromatic heterocycles. The normalized spacial score (nSPS) is 6.82. The number of nitriles is 1. The van der Waals surface area contributed by atoms with Gasteiger partial charge in [-0.25, -0.2) is 0 Å². The minimum Gasteiger partial charge on any atom is -0.388 e. The lowest BCUT2D eigenvalue weighted by Crippen LogP contribution is -1.78. The van der Waals surface area contributed by atoms with Gasteiger partial charge in [-0.05, 0) is 12.1 Å². The van der Waals surface area contributed by atoms with Crippen molar-refractivity contribution in [2.24, 2.45) is 0 Å². The van der Waals surface area contributed by atoms with E-state index in [0.29, 0.717) is 5.75 Å². The van der Waals surface area contributed by atoms with Crippen LogP contribution >= 0.6 is 0 Å². The first kappa shape index (κ1) is 9.25. The summed E-state index contributed by atoms with van der Waals surface area (Å²) < 4.78 is 4.51. The molecule has 0 aliphatic heterocycles. The summed E-state index contributed by atoms with van der Waals surface area (Å²) in [5.41, 5.74) is 0. The highest BCUT2D eigenvalue weighted by Gasteiger charge is 1.84. The molecule has 0 N–H and O–H groups in total. The molecule has 11 heavy (non-hydrogen) atoms. The van der Waals surface area contributed by atoms with E-state index >= 15 is 0 Å². The fraction of sp³-hybridized carbons (Fsp3) is 0. The van der Waals surface area contributed by atoms with Crippen LogP contribution < -0.4 is 4.74 Å². The Morgan fingerprint density at radius 2 is 1.73 bits per heavy atom. The largest absolute Gasteiger partial charge is 0.388 e. The molecule has 0 amide bonds. The number of benzene rings is 1. The number of hydrogen-bond donors (Lipinski definition) is 0. The van der Waals surface area contributed by atoms with Gasteiger partial charge in [0.15, 0.2) is 0 Å². The van der Waals surface area contributed by atoms with Crippen LogP contribution in [0.5, 0.6) is 5.75 Å². The Balaban J connectivity index is 0.000000461. The van der Waals surface area contributed by atoms with Crippen LogP contribution in [0.2, 0.25) is 0 Å². The first-order valence-electron chi connectivity index (χ1n) is 3.04. The topological polar surface area (TPSA) is 33.0 Å². The van der Waals surface area contributed by atoms with Gasteiger partial charge in [0.25, 0.3) is 6.26 Å². The van der Waals surface area contributed by atoms with Gasteiger partial charge >= 0.3 is 0 Å². The lowest BCUT2D eigenvalue weighted by molar-refractivity contribution is 0.507. The van der Waals surface area contributed by atoms with Crippen LogP contribution in [0.1, 0.15) is 0 Å². The van der Waals surface area contributed by atoms with Crippen molar-refractivity contribution in [1.82, 2.24) is 0 Å². The first-order valence-corrected chi connectivity index (χ1v) is 3.04. The summed E-state index contributed by atoms with van der Waals surface area (Å²) in [6, 6.07) is 8.94. The number of para-hydroxylation sites is 1. The van der Waals surface area contributed by atoms with Gasteiger partial charge in [-0.3, -0.25) is 0 Å². The van der Waals surface area contributed by atoms with E-state index in [0.717, 1.165) is 0 Å². The maximum Gasteiger partial charge on any atom is 0.292 e. The number of hydrogen-bond acceptors (Lipinski definition) is 2. The van der Waals surface area contributed by atoms with E-state index in [1.807, 2.05) is 18.2 Å². The zero-order valence-corrected chi connectivity index (χ0v) is 6.16. The number of ether oxygens (including phenoxy) is 1. The molecule has 1 aromatic carbocycles. The molecule has 0 saturated heterocycles. The SMILES string of the molecule is C=C.N#COc1ccccc1. The monoisotopic (exact) mass is 147 g/mol. The van der Waals surface area contributed by atoms with Gasteiger partial charge in [-0.15, -0.1) is 18.4 Å². The Hall–Kier alpha value is -1.75. The fourth-order valence-electron chi connectivity index (χ4n) is 0.541. The third-order valence-electron chi connectivity index (χ3n) is 0.907. The molecule has 0 aliphatic rings. The molecule has 0 unspecified atom stereocenters. The summed E-state index contributed by atoms with van der Waals surface area (Å²) in [6.45, 7) is 6.00. The van der Waals surface area contributed by atoms with Crippen molar-refractivity contribution in [2.75, 3.05) is 0 Å². The maximum atomic E-state index is 8.05. The molecule has 0 atom stereocenters. The van der Waals surface area contributed by atoms with E-state index in [4.69, 9.17) is 5.26 Å². The van der Waals surface area contributed by atoms with Gasteiger partial charge in [-0.1, -0.05) is 18.2 Å². The zero-order chi connectivity index (χ0) is 8.53. The third-order valence-corrected chi connectivity index (χ3v) is 0.907. The molecule has 0 aliphatic carbocycles. The van der Waals surface area contributed by atoms with Gasteiger partial charge in [0.05, 0.1) is 0 Å². The highest BCUT2D eigenvalue weighted by molar-refractivity contribution is 5.21. The molecule has 1 aromatic rings. The van der Waals surface area contributed by atoms with Crippen molar-refractivity contribution < 1.29 is 4.74 Å². The standard InChI is InChI=1S/C7H5NO.C2H4/c8-6-9-7-4-2-1-3-5-7;1-2/h1-5H;1-2H2. The number of rotatable bonds is 1. The molecule has 0 radical (unpaired) electrons. The summed E-state index contributed by atoms with van der Waals surface area (Å²) in [6.07, 6.45) is 1.58. The van der Waals surface area contributed by atoms with Gasteiger partial charge in [-0.2, -0.15) is 0 Å². The fourth-order valence-corrected chi connectivity index (χ4v) is 0.541. The third kappa shape index (κ3) is 3.77. The van der Waals surface area contributed by atoms with Crippen molar-refractivity contribution in [3.05, 3.63) is 43.5 Å². The molecular formula is C9H9NO. The van der Waals surface area contributed by atoms with Crippen molar-refractivity contribution in [1.29, 1.82) is 5.26 Å². The molecule has 0 bridgehead atoms. The minimum absolute atomic E-state index is 0.583. The van der Waals surface area contributed by atoms with Gasteiger partial charge in [0.2, 0.25) is 0 Å². The molecule has 2 heteroatoms. The van der Waals surface area contributed by atoms with Gasteiger partial charge in [0.1, 0.15) is 5.75 Å². The van der Waals surface area contributed by atoms with Crippen LogP contribution in [0.3, 0.4) is 0 Å². The average molecular weight is 147 g/mol. The molecular weight excluding hydrogens is 138 g/mol. The van der Waals surface area contributed by atoms with E-state index in [1.165, 1.54) is 0 Å². The van der Waals surface area contributed by atoms with Gasteiger partial charge in [0, 0.05) is 0 Å². The Morgan fingerprint density at radius 1 is 1.18 bits per heavy atom. The molecule has 0 spiro atoms. The van der Waals surface area contributed by atoms with E-state index in [1.54, 1.807) is 18.4 Å². The van der Waals surface area contributed by atoms with Gasteiger partial charge < -0.3 is 4.74 Å². The van der Waals surface area contributed by atoms with Crippen LogP contribution in [0.15, 0.2) is 43.5 Å². The van der Waals surface area contributed by atoms with Crippen LogP contribution in [0.25, 0.3) is 0 Å². The van der Waals surface area contributed by atoms with E-state index < -0.39 is 0 Å². The van der Waals surface area contributed by atoms with Crippen molar-refractivity contribution in [3.8, 4) is 12.0 Å². The second-order valence-electron chi connectivity index (χ2n) is 1.51. The summed E-state index contributed by atoms with van der Waals surface area (Å²) in [5, 5.41) is 8.05. The second kappa shape index (κ2) is 6.37. The zero-order valence-electron chi connectivity index (χ0n) is 6.16. The lowest BCUT2D eigenvalue weighted by Gasteiger charge is -1.89. The predicted octanol–water partition coefficient (Wildman–Crippen LogP) is 2.35. The Labute approximate surface area is 66.3 Å². The van der Waals surface area contributed by atoms with E-state index in [-0.39, 0.29) is 0 Å². The summed E-state index contributed by atoms with van der Waals surface area (Å²) >= 11 is 0. The first-order chi connectivity index (χ1) is 5.43. The number of nitrogens with zero attached hydrogens (tertiary/aromatic N) is 1. The quantitative estimate of drug-likeness (QED) is 0.451. The van der Waals surface area contributed by atoms with Crippen LogP contribution in [0, 0.1) is 11.5 Å². The highest BCUT2D eigenvalue weighted by atomic mass is 16.5. The molecule has 1 rings (SSSR count). The molecule has 2 nitrogen and oxygen atoms in total. The second-order valence-corrected chi connectivity index (χ2v) is 1.51. The lowest BCUT2D eigenvalue weighted by atomic mass is 10.3. The smallest absolute Gasteiger partial charge is 0.292 e. The predicted molar refractivity (Wildman–Crippen MR) is 43.9 cm³/mol. The maximum absolute atomic E-state index is 8.05. The molecule has 0 saturated carbocycles. The summed E-state index contributed by atoms with van der Waals surface area (Å²) in [7, 11) is 0. The molecule has 0 fully saturated rings. The Kier molecular flexibility index (Phi) is 5.36. The molecule has 0 heterocycles. The van der Waals surface area contributed by atoms with E-state index in [2.05, 4.69) is 17.9 Å². The summed E-state index contributed by atoms with van der Waals surface area (Å²) in [5.74, 6) is 0.583. The Bertz CT molecular complexity index is 225.